The summed E-state index contributed by atoms with van der Waals surface area (Å²) in [4.78, 5) is 0. The fourth-order valence-electron chi connectivity index (χ4n) is 3.60. The van der Waals surface area contributed by atoms with Gasteiger partial charge in [-0.05, 0) is 31.9 Å². The summed E-state index contributed by atoms with van der Waals surface area (Å²) in [6.07, 6.45) is 12.3. The van der Waals surface area contributed by atoms with E-state index in [1.807, 2.05) is 24.3 Å². The highest BCUT2D eigenvalue weighted by Crippen LogP contribution is 2.19. The number of hydrogen-bond acceptors (Lipinski definition) is 0. The molecule has 0 N–H and O–H groups in total. The Morgan fingerprint density at radius 1 is 0.520 bits per heavy atom. The topological polar surface area (TPSA) is 0 Å². The molecule has 0 saturated carbocycles. The molecule has 0 spiro atoms. The summed E-state index contributed by atoms with van der Waals surface area (Å²) in [7, 11) is -2.77. The molecule has 25 heavy (non-hydrogen) atoms. The molecule has 4 aromatic rings. The van der Waals surface area contributed by atoms with E-state index in [-0.39, 0.29) is 0 Å². The summed E-state index contributed by atoms with van der Waals surface area (Å²) in [6, 6.07) is 29.1. The first-order valence-electron chi connectivity index (χ1n) is 8.22. The van der Waals surface area contributed by atoms with Crippen LogP contribution in [0.25, 0.3) is 21.5 Å². The van der Waals surface area contributed by atoms with Crippen molar-refractivity contribution in [3.8, 4) is 23.9 Å². The Hall–Kier alpha value is -3.26. The highest BCUT2D eigenvalue weighted by Gasteiger charge is 2.36. The van der Waals surface area contributed by atoms with Crippen molar-refractivity contribution in [1.82, 2.24) is 0 Å². The number of fused-ring (bicyclic) bond motifs is 2. The molecule has 4 rings (SSSR count). The highest BCUT2D eigenvalue weighted by atomic mass is 28.3. The van der Waals surface area contributed by atoms with Crippen LogP contribution in [0.2, 0.25) is 0 Å². The average molecular weight is 332 g/mol. The van der Waals surface area contributed by atoms with Crippen molar-refractivity contribution in [3.63, 3.8) is 0 Å². The summed E-state index contributed by atoms with van der Waals surface area (Å²) in [5.41, 5.74) is 6.17. The molecule has 1 heteroatoms. The van der Waals surface area contributed by atoms with E-state index >= 15 is 0 Å². The van der Waals surface area contributed by atoms with Crippen molar-refractivity contribution in [2.24, 2.45) is 0 Å². The van der Waals surface area contributed by atoms with Crippen molar-refractivity contribution in [2.45, 2.75) is 0 Å². The number of hydrogen-bond donors (Lipinski definition) is 0. The summed E-state index contributed by atoms with van der Waals surface area (Å²) in [6.45, 7) is 0. The van der Waals surface area contributed by atoms with Gasteiger partial charge in [0, 0.05) is 0 Å². The molecule has 0 amide bonds. The van der Waals surface area contributed by atoms with Crippen molar-refractivity contribution in [3.05, 3.63) is 84.9 Å². The molecule has 0 nitrogen and oxygen atoms in total. The molecule has 0 aliphatic heterocycles. The lowest BCUT2D eigenvalue weighted by atomic mass is 10.1. The standard InChI is InChI=1S/C24H16Si/c1-3-25(4-2,23-17-9-13-19-11-5-7-15-21(19)23)24-18-10-14-20-12-6-8-16-22(20)24/h1-2,5-18H. The maximum absolute atomic E-state index is 6.13. The molecule has 116 valence electrons. The molecule has 4 aromatic carbocycles. The van der Waals surface area contributed by atoms with E-state index in [1.54, 1.807) is 0 Å². The van der Waals surface area contributed by atoms with Crippen LogP contribution in [-0.4, -0.2) is 8.07 Å². The van der Waals surface area contributed by atoms with E-state index in [0.29, 0.717) is 0 Å². The van der Waals surface area contributed by atoms with E-state index in [9.17, 15) is 0 Å². The van der Waals surface area contributed by atoms with Gasteiger partial charge in [-0.15, -0.1) is 23.9 Å². The predicted octanol–water partition coefficient (Wildman–Crippen LogP) is 3.90. The van der Waals surface area contributed by atoms with E-state index < -0.39 is 8.07 Å². The van der Waals surface area contributed by atoms with Crippen molar-refractivity contribution in [2.75, 3.05) is 0 Å². The number of benzene rings is 4. The predicted molar refractivity (Wildman–Crippen MR) is 111 cm³/mol. The Labute approximate surface area is 149 Å². The van der Waals surface area contributed by atoms with Crippen LogP contribution < -0.4 is 10.4 Å². The van der Waals surface area contributed by atoms with Gasteiger partial charge in [0.15, 0.2) is 0 Å². The minimum absolute atomic E-state index is 1.12. The lowest BCUT2D eigenvalue weighted by molar-refractivity contribution is 1.75. The van der Waals surface area contributed by atoms with Gasteiger partial charge in [0.1, 0.15) is 0 Å². The van der Waals surface area contributed by atoms with Crippen LogP contribution in [0.4, 0.5) is 0 Å². The average Bonchev–Trinajstić information content (AvgIpc) is 2.69. The second-order valence-corrected chi connectivity index (χ2v) is 9.25. The lowest BCUT2D eigenvalue weighted by Gasteiger charge is -2.24. The second-order valence-electron chi connectivity index (χ2n) is 6.09. The largest absolute Gasteiger partial charge is 0.276 e. The minimum Gasteiger partial charge on any atom is -0.125 e. The highest BCUT2D eigenvalue weighted by molar-refractivity contribution is 7.15. The maximum Gasteiger partial charge on any atom is 0.276 e. The van der Waals surface area contributed by atoms with Crippen molar-refractivity contribution < 1.29 is 0 Å². The van der Waals surface area contributed by atoms with Crippen LogP contribution >= 0.6 is 0 Å². The van der Waals surface area contributed by atoms with Gasteiger partial charge in [-0.3, -0.25) is 0 Å². The Morgan fingerprint density at radius 2 is 0.920 bits per heavy atom. The second kappa shape index (κ2) is 5.99. The summed E-state index contributed by atoms with van der Waals surface area (Å²) in [5, 5.41) is 6.88. The van der Waals surface area contributed by atoms with Crippen LogP contribution in [0.3, 0.4) is 0 Å². The number of terminal acetylenes is 2. The normalized spacial score (nSPS) is 11.1. The maximum atomic E-state index is 6.13. The summed E-state index contributed by atoms with van der Waals surface area (Å²) >= 11 is 0. The molecule has 0 radical (unpaired) electrons. The third-order valence-corrected chi connectivity index (χ3v) is 8.17. The van der Waals surface area contributed by atoms with Gasteiger partial charge in [-0.25, -0.2) is 0 Å². The van der Waals surface area contributed by atoms with Crippen LogP contribution in [0.15, 0.2) is 84.9 Å². The zero-order valence-electron chi connectivity index (χ0n) is 13.7. The van der Waals surface area contributed by atoms with Gasteiger partial charge in [0.25, 0.3) is 8.07 Å². The van der Waals surface area contributed by atoms with Crippen molar-refractivity contribution in [1.29, 1.82) is 0 Å². The molecule has 0 unspecified atom stereocenters. The van der Waals surface area contributed by atoms with Gasteiger partial charge in [-0.1, -0.05) is 84.9 Å². The Balaban J connectivity index is 2.13. The van der Waals surface area contributed by atoms with E-state index in [4.69, 9.17) is 12.8 Å². The van der Waals surface area contributed by atoms with Gasteiger partial charge in [0.05, 0.1) is 0 Å². The molecule has 0 fully saturated rings. The van der Waals surface area contributed by atoms with Gasteiger partial charge >= 0.3 is 0 Å². The first-order chi connectivity index (χ1) is 12.3. The zero-order chi connectivity index (χ0) is 17.3. The monoisotopic (exact) mass is 332 g/mol. The SMILES string of the molecule is C#C[Si](C#C)(c1cccc2ccccc12)c1cccc2ccccc12. The number of rotatable bonds is 2. The molecular weight excluding hydrogens is 316 g/mol. The Morgan fingerprint density at radius 3 is 1.36 bits per heavy atom. The molecule has 0 bridgehead atoms. The van der Waals surface area contributed by atoms with Gasteiger partial charge < -0.3 is 0 Å². The first kappa shape index (κ1) is 15.3. The molecular formula is C24H16Si. The minimum atomic E-state index is -2.77. The van der Waals surface area contributed by atoms with Crippen LogP contribution in [0, 0.1) is 23.9 Å². The third-order valence-electron chi connectivity index (χ3n) is 4.82. The summed E-state index contributed by atoms with van der Waals surface area (Å²) < 4.78 is 0. The zero-order valence-corrected chi connectivity index (χ0v) is 14.7. The van der Waals surface area contributed by atoms with E-state index in [1.165, 1.54) is 10.8 Å². The Bertz CT molecular complexity index is 1070. The van der Waals surface area contributed by atoms with E-state index in [0.717, 1.165) is 21.1 Å². The molecule has 0 saturated heterocycles. The molecule has 0 atom stereocenters. The van der Waals surface area contributed by atoms with Crippen LogP contribution in [-0.2, 0) is 0 Å². The van der Waals surface area contributed by atoms with Crippen molar-refractivity contribution >= 4 is 40.0 Å². The van der Waals surface area contributed by atoms with Crippen LogP contribution in [0.1, 0.15) is 0 Å². The third kappa shape index (κ3) is 2.26. The van der Waals surface area contributed by atoms with Crippen LogP contribution in [0.5, 0.6) is 0 Å². The lowest BCUT2D eigenvalue weighted by Crippen LogP contribution is -2.57. The molecule has 0 aliphatic carbocycles. The molecule has 0 aromatic heterocycles. The first-order valence-corrected chi connectivity index (χ1v) is 10.2. The van der Waals surface area contributed by atoms with Gasteiger partial charge in [0.2, 0.25) is 0 Å². The smallest absolute Gasteiger partial charge is 0.125 e. The fourth-order valence-corrected chi connectivity index (χ4v) is 6.55. The Kier molecular flexibility index (Phi) is 3.66. The van der Waals surface area contributed by atoms with E-state index in [2.05, 4.69) is 71.8 Å². The molecule has 0 heterocycles. The van der Waals surface area contributed by atoms with Gasteiger partial charge in [-0.2, -0.15) is 0 Å². The quantitative estimate of drug-likeness (QED) is 0.386. The fraction of sp³-hybridized carbons (Fsp3) is 0. The summed E-state index contributed by atoms with van der Waals surface area (Å²) in [5.74, 6) is 0. The molecule has 0 aliphatic rings.